The maximum absolute atomic E-state index is 12.7. The monoisotopic (exact) mass is 347 g/mol. The summed E-state index contributed by atoms with van der Waals surface area (Å²) in [6.07, 6.45) is 2.33. The zero-order valence-electron chi connectivity index (χ0n) is 13.8. The highest BCUT2D eigenvalue weighted by Gasteiger charge is 2.42. The third-order valence-electron chi connectivity index (χ3n) is 5.63. The second kappa shape index (κ2) is 6.36. The molecule has 2 aliphatic carbocycles. The van der Waals surface area contributed by atoms with E-state index in [0.29, 0.717) is 17.4 Å². The first-order chi connectivity index (χ1) is 12.0. The average molecular weight is 347 g/mol. The van der Waals surface area contributed by atoms with Gasteiger partial charge in [-0.25, -0.2) is 0 Å². The SMILES string of the molecule is FC(F)(F)Oc1ccccc1C1CCC1C1CCCc2cccnc21. The second-order valence-corrected chi connectivity index (χ2v) is 6.98. The van der Waals surface area contributed by atoms with Gasteiger partial charge in [-0.2, -0.15) is 0 Å². The topological polar surface area (TPSA) is 22.1 Å². The van der Waals surface area contributed by atoms with E-state index in [2.05, 4.69) is 15.8 Å². The third kappa shape index (κ3) is 3.24. The Morgan fingerprint density at radius 1 is 0.960 bits per heavy atom. The molecule has 1 fully saturated rings. The van der Waals surface area contributed by atoms with Crippen molar-refractivity contribution >= 4 is 0 Å². The molecule has 132 valence electrons. The van der Waals surface area contributed by atoms with Gasteiger partial charge in [0.15, 0.2) is 0 Å². The largest absolute Gasteiger partial charge is 0.573 e. The highest BCUT2D eigenvalue weighted by atomic mass is 19.4. The van der Waals surface area contributed by atoms with Gasteiger partial charge in [0.2, 0.25) is 0 Å². The number of nitrogens with zero attached hydrogens (tertiary/aromatic N) is 1. The van der Waals surface area contributed by atoms with Crippen LogP contribution in [0.4, 0.5) is 13.2 Å². The Kier molecular flexibility index (Phi) is 4.18. The zero-order valence-corrected chi connectivity index (χ0v) is 13.8. The van der Waals surface area contributed by atoms with E-state index in [4.69, 9.17) is 0 Å². The molecule has 1 saturated carbocycles. The minimum Gasteiger partial charge on any atom is -0.405 e. The lowest BCUT2D eigenvalue weighted by atomic mass is 9.61. The van der Waals surface area contributed by atoms with Gasteiger partial charge in [0.25, 0.3) is 0 Å². The number of para-hydroxylation sites is 1. The van der Waals surface area contributed by atoms with Crippen LogP contribution < -0.4 is 4.74 Å². The summed E-state index contributed by atoms with van der Waals surface area (Å²) in [6.45, 7) is 0. The molecule has 0 radical (unpaired) electrons. The number of pyridine rings is 1. The van der Waals surface area contributed by atoms with Crippen molar-refractivity contribution in [2.45, 2.75) is 50.3 Å². The molecule has 1 heterocycles. The number of ether oxygens (including phenoxy) is 1. The standard InChI is InChI=1S/C20H20F3NO/c21-20(22,23)25-18-9-2-1-7-16(18)14-10-11-15(14)17-8-3-5-13-6-4-12-24-19(13)17/h1-2,4,6-7,9,12,14-15,17H,3,5,8,10-11H2. The first-order valence-electron chi connectivity index (χ1n) is 8.81. The fraction of sp³-hybridized carbons (Fsp3) is 0.450. The van der Waals surface area contributed by atoms with Crippen molar-refractivity contribution in [2.24, 2.45) is 5.92 Å². The normalized spacial score (nSPS) is 25.8. The minimum absolute atomic E-state index is 0.0539. The molecule has 2 nitrogen and oxygen atoms in total. The molecule has 4 rings (SSSR count). The van der Waals surface area contributed by atoms with Crippen molar-refractivity contribution in [3.8, 4) is 5.75 Å². The van der Waals surface area contributed by atoms with Gasteiger partial charge in [-0.3, -0.25) is 4.98 Å². The Labute approximate surface area is 145 Å². The van der Waals surface area contributed by atoms with Crippen molar-refractivity contribution in [3.05, 3.63) is 59.4 Å². The van der Waals surface area contributed by atoms with Gasteiger partial charge in [-0.05, 0) is 67.2 Å². The molecule has 2 aromatic rings. The molecular weight excluding hydrogens is 327 g/mol. The number of benzene rings is 1. The van der Waals surface area contributed by atoms with Gasteiger partial charge in [0.05, 0.1) is 0 Å². The lowest BCUT2D eigenvalue weighted by Crippen LogP contribution is -2.33. The van der Waals surface area contributed by atoms with Crippen LogP contribution in [0.3, 0.4) is 0 Å². The van der Waals surface area contributed by atoms with Gasteiger partial charge in [0.1, 0.15) is 5.75 Å². The van der Waals surface area contributed by atoms with Crippen LogP contribution in [0.5, 0.6) is 5.75 Å². The fourth-order valence-electron chi connectivity index (χ4n) is 4.46. The first kappa shape index (κ1) is 16.4. The number of fused-ring (bicyclic) bond motifs is 1. The van der Waals surface area contributed by atoms with Crippen molar-refractivity contribution in [3.63, 3.8) is 0 Å². The summed E-state index contributed by atoms with van der Waals surface area (Å²) in [5.41, 5.74) is 3.13. The summed E-state index contributed by atoms with van der Waals surface area (Å²) in [5, 5.41) is 0. The highest BCUT2D eigenvalue weighted by Crippen LogP contribution is 2.54. The van der Waals surface area contributed by atoms with Gasteiger partial charge >= 0.3 is 6.36 Å². The van der Waals surface area contributed by atoms with E-state index >= 15 is 0 Å². The molecule has 3 atom stereocenters. The minimum atomic E-state index is -4.66. The first-order valence-corrected chi connectivity index (χ1v) is 8.81. The third-order valence-corrected chi connectivity index (χ3v) is 5.63. The Morgan fingerprint density at radius 2 is 1.80 bits per heavy atom. The van der Waals surface area contributed by atoms with Crippen LogP contribution in [0.25, 0.3) is 0 Å². The van der Waals surface area contributed by atoms with Crippen LogP contribution in [-0.2, 0) is 6.42 Å². The molecule has 1 aromatic heterocycles. The Balaban J connectivity index is 1.62. The maximum Gasteiger partial charge on any atom is 0.573 e. The molecule has 0 amide bonds. The van der Waals surface area contributed by atoms with E-state index in [1.54, 1.807) is 18.2 Å². The van der Waals surface area contributed by atoms with Crippen LogP contribution in [0.1, 0.15) is 54.3 Å². The summed E-state index contributed by atoms with van der Waals surface area (Å²) in [5.74, 6) is 0.729. The predicted molar refractivity (Wildman–Crippen MR) is 88.5 cm³/mol. The highest BCUT2D eigenvalue weighted by molar-refractivity contribution is 5.39. The summed E-state index contributed by atoms with van der Waals surface area (Å²) >= 11 is 0. The molecule has 1 aromatic carbocycles. The molecular formula is C20H20F3NO. The summed E-state index contributed by atoms with van der Waals surface area (Å²) in [7, 11) is 0. The number of aryl methyl sites for hydroxylation is 1. The molecule has 0 bridgehead atoms. The molecule has 5 heteroatoms. The predicted octanol–water partition coefficient (Wildman–Crippen LogP) is 5.59. The van der Waals surface area contributed by atoms with E-state index in [1.165, 1.54) is 11.6 Å². The van der Waals surface area contributed by atoms with Gasteiger partial charge in [-0.15, -0.1) is 13.2 Å². The average Bonchev–Trinajstić information content (AvgIpc) is 2.55. The van der Waals surface area contributed by atoms with Gasteiger partial charge in [-0.1, -0.05) is 24.3 Å². The summed E-state index contributed by atoms with van der Waals surface area (Å²) < 4.78 is 42.4. The Morgan fingerprint density at radius 3 is 2.56 bits per heavy atom. The fourth-order valence-corrected chi connectivity index (χ4v) is 4.46. The number of hydrogen-bond donors (Lipinski definition) is 0. The van der Waals surface area contributed by atoms with E-state index in [9.17, 15) is 13.2 Å². The molecule has 3 unspecified atom stereocenters. The molecule has 0 aliphatic heterocycles. The molecule has 0 spiro atoms. The lowest BCUT2D eigenvalue weighted by molar-refractivity contribution is -0.275. The molecule has 0 N–H and O–H groups in total. The van der Waals surface area contributed by atoms with Crippen LogP contribution in [0.15, 0.2) is 42.6 Å². The Hall–Kier alpha value is -2.04. The van der Waals surface area contributed by atoms with E-state index in [0.717, 1.165) is 37.8 Å². The second-order valence-electron chi connectivity index (χ2n) is 6.98. The number of alkyl halides is 3. The number of rotatable bonds is 3. The maximum atomic E-state index is 12.7. The summed E-state index contributed by atoms with van der Waals surface area (Å²) in [4.78, 5) is 4.60. The van der Waals surface area contributed by atoms with Crippen molar-refractivity contribution in [2.75, 3.05) is 0 Å². The molecule has 2 aliphatic rings. The van der Waals surface area contributed by atoms with Crippen LogP contribution in [0.2, 0.25) is 0 Å². The summed E-state index contributed by atoms with van der Waals surface area (Å²) in [6, 6.07) is 10.7. The quantitative estimate of drug-likeness (QED) is 0.722. The van der Waals surface area contributed by atoms with E-state index < -0.39 is 6.36 Å². The van der Waals surface area contributed by atoms with Crippen LogP contribution in [-0.4, -0.2) is 11.3 Å². The Bertz CT molecular complexity index is 759. The van der Waals surface area contributed by atoms with Crippen LogP contribution in [0, 0.1) is 5.92 Å². The van der Waals surface area contributed by atoms with Crippen LogP contribution >= 0.6 is 0 Å². The van der Waals surface area contributed by atoms with Gasteiger partial charge < -0.3 is 4.74 Å². The van der Waals surface area contributed by atoms with Crippen molar-refractivity contribution < 1.29 is 17.9 Å². The number of halogens is 3. The van der Waals surface area contributed by atoms with Gasteiger partial charge in [0, 0.05) is 17.8 Å². The van der Waals surface area contributed by atoms with E-state index in [1.807, 2.05) is 12.3 Å². The lowest BCUT2D eigenvalue weighted by Gasteiger charge is -2.44. The van der Waals surface area contributed by atoms with Crippen molar-refractivity contribution in [1.29, 1.82) is 0 Å². The number of hydrogen-bond acceptors (Lipinski definition) is 2. The smallest absolute Gasteiger partial charge is 0.405 e. The molecule has 25 heavy (non-hydrogen) atoms. The van der Waals surface area contributed by atoms with E-state index in [-0.39, 0.29) is 11.7 Å². The number of aromatic nitrogens is 1. The van der Waals surface area contributed by atoms with Crippen molar-refractivity contribution in [1.82, 2.24) is 4.98 Å². The zero-order chi connectivity index (χ0) is 17.4. The molecule has 0 saturated heterocycles.